The van der Waals surface area contributed by atoms with Gasteiger partial charge in [-0.2, -0.15) is 0 Å². The van der Waals surface area contributed by atoms with E-state index in [4.69, 9.17) is 0 Å². The number of aromatic nitrogens is 2. The Morgan fingerprint density at radius 1 is 1.36 bits per heavy atom. The molecule has 0 aliphatic heterocycles. The van der Waals surface area contributed by atoms with Gasteiger partial charge < -0.3 is 9.88 Å². The van der Waals surface area contributed by atoms with Crippen LogP contribution in [0.3, 0.4) is 0 Å². The monoisotopic (exact) mass is 355 g/mol. The van der Waals surface area contributed by atoms with Crippen molar-refractivity contribution in [2.45, 2.75) is 25.3 Å². The molecule has 1 amide bonds. The average molecular weight is 355 g/mol. The second kappa shape index (κ2) is 6.44. The minimum absolute atomic E-state index is 0.185. The van der Waals surface area contributed by atoms with Crippen molar-refractivity contribution in [2.24, 2.45) is 7.05 Å². The van der Waals surface area contributed by atoms with Crippen molar-refractivity contribution < 1.29 is 9.18 Å². The highest BCUT2D eigenvalue weighted by molar-refractivity contribution is 7.14. The van der Waals surface area contributed by atoms with Crippen LogP contribution >= 0.6 is 11.3 Å². The van der Waals surface area contributed by atoms with Crippen LogP contribution in [0.5, 0.6) is 0 Å². The van der Waals surface area contributed by atoms with E-state index in [1.807, 2.05) is 13.1 Å². The molecule has 128 valence electrons. The molecular formula is C19H18FN3OS. The minimum atomic E-state index is -0.634. The van der Waals surface area contributed by atoms with Crippen molar-refractivity contribution in [2.75, 3.05) is 0 Å². The minimum Gasteiger partial charge on any atom is -0.337 e. The highest BCUT2D eigenvalue weighted by atomic mass is 32.1. The molecule has 1 N–H and O–H groups in total. The zero-order valence-electron chi connectivity index (χ0n) is 13.8. The van der Waals surface area contributed by atoms with E-state index in [1.54, 1.807) is 35.2 Å². The third-order valence-electron chi connectivity index (χ3n) is 4.58. The fourth-order valence-electron chi connectivity index (χ4n) is 3.29. The van der Waals surface area contributed by atoms with Crippen LogP contribution in [0, 0.1) is 5.82 Å². The second-order valence-electron chi connectivity index (χ2n) is 6.24. The third-order valence-corrected chi connectivity index (χ3v) is 5.81. The van der Waals surface area contributed by atoms with Gasteiger partial charge in [0.05, 0.1) is 4.88 Å². The third kappa shape index (κ3) is 2.98. The van der Waals surface area contributed by atoms with Gasteiger partial charge in [0, 0.05) is 29.9 Å². The summed E-state index contributed by atoms with van der Waals surface area (Å²) in [5, 5.41) is 2.97. The van der Waals surface area contributed by atoms with E-state index < -0.39 is 6.04 Å². The Balaban J connectivity index is 1.67. The van der Waals surface area contributed by atoms with Crippen molar-refractivity contribution in [3.8, 4) is 0 Å². The first-order valence-corrected chi connectivity index (χ1v) is 9.09. The molecule has 0 radical (unpaired) electrons. The van der Waals surface area contributed by atoms with E-state index >= 15 is 0 Å². The summed E-state index contributed by atoms with van der Waals surface area (Å²) in [6.45, 7) is 0. The van der Waals surface area contributed by atoms with Crippen molar-refractivity contribution in [1.82, 2.24) is 14.9 Å². The number of hydrogen-bond donors (Lipinski definition) is 1. The number of carbonyl (C=O) groups excluding carboxylic acids is 1. The molecular weight excluding hydrogens is 337 g/mol. The van der Waals surface area contributed by atoms with Crippen LogP contribution in [0.15, 0.2) is 42.7 Å². The van der Waals surface area contributed by atoms with Gasteiger partial charge in [-0.25, -0.2) is 9.37 Å². The van der Waals surface area contributed by atoms with Crippen LogP contribution in [-0.4, -0.2) is 15.5 Å². The van der Waals surface area contributed by atoms with Gasteiger partial charge in [0.25, 0.3) is 5.91 Å². The Kier molecular flexibility index (Phi) is 4.13. The number of nitrogens with one attached hydrogen (secondary N) is 1. The largest absolute Gasteiger partial charge is 0.337 e. The summed E-state index contributed by atoms with van der Waals surface area (Å²) in [5.41, 5.74) is 1.68. The van der Waals surface area contributed by atoms with Gasteiger partial charge in [-0.3, -0.25) is 4.79 Å². The SMILES string of the molecule is Cn1ccnc1[C@@H](NC(=O)c1cc2c(s1)CCC2)c1ccccc1F. The maximum Gasteiger partial charge on any atom is 0.262 e. The molecule has 2 aromatic heterocycles. The average Bonchev–Trinajstić information content (AvgIpc) is 3.29. The number of rotatable bonds is 4. The molecule has 1 aliphatic carbocycles. The Hall–Kier alpha value is -2.47. The fraction of sp³-hybridized carbons (Fsp3) is 0.263. The molecule has 25 heavy (non-hydrogen) atoms. The summed E-state index contributed by atoms with van der Waals surface area (Å²) in [7, 11) is 1.84. The highest BCUT2D eigenvalue weighted by Crippen LogP contribution is 2.31. The zero-order chi connectivity index (χ0) is 17.4. The van der Waals surface area contributed by atoms with Crippen LogP contribution in [0.25, 0.3) is 0 Å². The van der Waals surface area contributed by atoms with Crippen molar-refractivity contribution in [1.29, 1.82) is 0 Å². The summed E-state index contributed by atoms with van der Waals surface area (Å²) in [6, 6.07) is 7.82. The van der Waals surface area contributed by atoms with Gasteiger partial charge in [0.2, 0.25) is 0 Å². The van der Waals surface area contributed by atoms with Gasteiger partial charge in [0.1, 0.15) is 17.7 Å². The van der Waals surface area contributed by atoms with Crippen LogP contribution in [0.4, 0.5) is 4.39 Å². The molecule has 1 aliphatic rings. The number of thiophene rings is 1. The van der Waals surface area contributed by atoms with Gasteiger partial charge in [-0.05, 0) is 37.0 Å². The molecule has 0 saturated carbocycles. The second-order valence-corrected chi connectivity index (χ2v) is 7.37. The summed E-state index contributed by atoms with van der Waals surface area (Å²) in [6.07, 6.45) is 6.68. The van der Waals surface area contributed by atoms with E-state index in [2.05, 4.69) is 10.3 Å². The number of amides is 1. The molecule has 4 nitrogen and oxygen atoms in total. The first-order chi connectivity index (χ1) is 12.1. The predicted molar refractivity (Wildman–Crippen MR) is 95.3 cm³/mol. The van der Waals surface area contributed by atoms with E-state index in [0.717, 1.165) is 19.3 Å². The van der Waals surface area contributed by atoms with Gasteiger partial charge in [0.15, 0.2) is 0 Å². The van der Waals surface area contributed by atoms with E-state index in [0.29, 0.717) is 16.3 Å². The van der Waals surface area contributed by atoms with E-state index in [-0.39, 0.29) is 11.7 Å². The lowest BCUT2D eigenvalue weighted by atomic mass is 10.1. The number of aryl methyl sites for hydroxylation is 3. The van der Waals surface area contributed by atoms with Gasteiger partial charge >= 0.3 is 0 Å². The van der Waals surface area contributed by atoms with Crippen LogP contribution in [0.2, 0.25) is 0 Å². The number of imidazole rings is 1. The Bertz CT molecular complexity index is 909. The van der Waals surface area contributed by atoms with Crippen LogP contribution < -0.4 is 5.32 Å². The number of halogens is 1. The molecule has 0 spiro atoms. The Labute approximate surface area is 149 Å². The lowest BCUT2D eigenvalue weighted by Crippen LogP contribution is -2.31. The first-order valence-electron chi connectivity index (χ1n) is 8.27. The summed E-state index contributed by atoms with van der Waals surface area (Å²) in [4.78, 5) is 19.1. The Morgan fingerprint density at radius 2 is 2.20 bits per heavy atom. The molecule has 4 rings (SSSR count). The van der Waals surface area contributed by atoms with E-state index in [9.17, 15) is 9.18 Å². The predicted octanol–water partition coefficient (Wildman–Crippen LogP) is 3.63. The zero-order valence-corrected chi connectivity index (χ0v) is 14.6. The number of carbonyl (C=O) groups is 1. The normalized spacial score (nSPS) is 14.3. The van der Waals surface area contributed by atoms with Gasteiger partial charge in [-0.15, -0.1) is 11.3 Å². The highest BCUT2D eigenvalue weighted by Gasteiger charge is 2.26. The van der Waals surface area contributed by atoms with Crippen molar-refractivity contribution in [3.05, 3.63) is 75.2 Å². The number of nitrogens with zero attached hydrogens (tertiary/aromatic N) is 2. The maximum atomic E-state index is 14.4. The molecule has 0 fully saturated rings. The number of hydrogen-bond acceptors (Lipinski definition) is 3. The lowest BCUT2D eigenvalue weighted by molar-refractivity contribution is 0.0944. The number of benzene rings is 1. The standard InChI is InChI=1S/C19H18FN3OS/c1-23-10-9-21-18(23)17(13-6-2-3-7-14(13)20)22-19(24)16-11-12-5-4-8-15(12)25-16/h2-3,6-7,9-11,17H,4-5,8H2,1H3,(H,22,24)/t17-/m0/s1. The van der Waals surface area contributed by atoms with E-state index in [1.165, 1.54) is 27.8 Å². The van der Waals surface area contributed by atoms with Crippen molar-refractivity contribution in [3.63, 3.8) is 0 Å². The van der Waals surface area contributed by atoms with Crippen LogP contribution in [0.1, 0.15) is 44.0 Å². The fourth-order valence-corrected chi connectivity index (χ4v) is 4.45. The summed E-state index contributed by atoms with van der Waals surface area (Å²) >= 11 is 1.54. The van der Waals surface area contributed by atoms with Crippen LogP contribution in [-0.2, 0) is 19.9 Å². The van der Waals surface area contributed by atoms with Crippen molar-refractivity contribution >= 4 is 17.2 Å². The topological polar surface area (TPSA) is 46.9 Å². The quantitative estimate of drug-likeness (QED) is 0.777. The molecule has 1 atom stereocenters. The first kappa shape index (κ1) is 16.0. The molecule has 0 saturated heterocycles. The molecule has 2 heterocycles. The molecule has 0 unspecified atom stereocenters. The molecule has 1 aromatic carbocycles. The summed E-state index contributed by atoms with van der Waals surface area (Å²) in [5.74, 6) is 0.0580. The molecule has 6 heteroatoms. The summed E-state index contributed by atoms with van der Waals surface area (Å²) < 4.78 is 16.2. The lowest BCUT2D eigenvalue weighted by Gasteiger charge is -2.19. The maximum absolute atomic E-state index is 14.4. The Morgan fingerprint density at radius 3 is 2.92 bits per heavy atom. The van der Waals surface area contributed by atoms with Gasteiger partial charge in [-0.1, -0.05) is 18.2 Å². The molecule has 0 bridgehead atoms. The molecule has 3 aromatic rings. The number of fused-ring (bicyclic) bond motifs is 1. The smallest absolute Gasteiger partial charge is 0.262 e.